The van der Waals surface area contributed by atoms with Crippen LogP contribution in [0.5, 0.6) is 0 Å². The van der Waals surface area contributed by atoms with Gasteiger partial charge in [-0.15, -0.1) is 0 Å². The average molecular weight is 504 g/mol. The molecular formula is C22H37N3O4S3. The second-order valence-corrected chi connectivity index (χ2v) is 8.60. The van der Waals surface area contributed by atoms with Crippen molar-refractivity contribution in [3.05, 3.63) is 35.9 Å². The molecule has 2 rings (SSSR count). The Bertz CT molecular complexity index is 716. The van der Waals surface area contributed by atoms with Crippen molar-refractivity contribution < 1.29 is 19.1 Å². The molecule has 0 aliphatic carbocycles. The minimum Gasteiger partial charge on any atom is -0.467 e. The van der Waals surface area contributed by atoms with Crippen molar-refractivity contribution in [2.24, 2.45) is 5.73 Å². The van der Waals surface area contributed by atoms with E-state index in [1.807, 2.05) is 12.3 Å². The number of hydrogen-bond acceptors (Lipinski definition) is 7. The zero-order valence-corrected chi connectivity index (χ0v) is 20.7. The van der Waals surface area contributed by atoms with Crippen molar-refractivity contribution in [3.63, 3.8) is 0 Å². The maximum absolute atomic E-state index is 13.4. The van der Waals surface area contributed by atoms with Crippen LogP contribution in [0, 0.1) is 0 Å². The van der Waals surface area contributed by atoms with Crippen LogP contribution >= 0.6 is 37.9 Å². The molecule has 1 fully saturated rings. The summed E-state index contributed by atoms with van der Waals surface area (Å²) in [6.45, 7) is 0.972. The molecule has 182 valence electrons. The highest BCUT2D eigenvalue weighted by Gasteiger charge is 2.38. The predicted molar refractivity (Wildman–Crippen MR) is 140 cm³/mol. The average Bonchev–Trinajstić information content (AvgIpc) is 2.80. The molecule has 1 aromatic rings. The lowest BCUT2D eigenvalue weighted by Gasteiger charge is -2.42. The zero-order chi connectivity index (χ0) is 22.1. The summed E-state index contributed by atoms with van der Waals surface area (Å²) in [6, 6.07) is 7.51. The first-order chi connectivity index (χ1) is 14.4. The summed E-state index contributed by atoms with van der Waals surface area (Å²) in [5.41, 5.74) is 6.36. The molecule has 2 N–H and O–H groups in total. The molecule has 1 heterocycles. The smallest absolute Gasteiger partial charge is 0.328 e. The Morgan fingerprint density at radius 1 is 1.25 bits per heavy atom. The number of likely N-dealkylation sites (tertiary alicyclic amines) is 1. The van der Waals surface area contributed by atoms with Gasteiger partial charge in [-0.25, -0.2) is 4.79 Å². The van der Waals surface area contributed by atoms with E-state index in [2.05, 4.69) is 12.6 Å². The molecule has 7 nitrogen and oxygen atoms in total. The number of nitrogens with zero attached hydrogens (tertiary/aromatic N) is 2. The fourth-order valence-electron chi connectivity index (χ4n) is 3.70. The Hall–Kier alpha value is -1.36. The van der Waals surface area contributed by atoms with Gasteiger partial charge in [0, 0.05) is 30.4 Å². The summed E-state index contributed by atoms with van der Waals surface area (Å²) in [5, 5.41) is 0. The van der Waals surface area contributed by atoms with E-state index in [1.54, 1.807) is 45.8 Å². The number of thiol groups is 1. The van der Waals surface area contributed by atoms with Gasteiger partial charge in [0.05, 0.1) is 13.2 Å². The van der Waals surface area contributed by atoms with Crippen LogP contribution in [0.2, 0.25) is 0 Å². The van der Waals surface area contributed by atoms with Crippen LogP contribution < -0.4 is 5.73 Å². The van der Waals surface area contributed by atoms with E-state index in [1.165, 1.54) is 7.11 Å². The lowest BCUT2D eigenvalue weighted by molar-refractivity contribution is -0.147. The Labute approximate surface area is 208 Å². The number of piperidine rings is 1. The second kappa shape index (κ2) is 15.5. The molecule has 1 aliphatic rings. The second-order valence-electron chi connectivity index (χ2n) is 7.24. The highest BCUT2D eigenvalue weighted by molar-refractivity contribution is 7.98. The predicted octanol–water partition coefficient (Wildman–Crippen LogP) is 2.42. The topological polar surface area (TPSA) is 92.9 Å². The quantitative estimate of drug-likeness (QED) is 0.397. The number of hydrogen-bond donors (Lipinski definition) is 2. The van der Waals surface area contributed by atoms with Crippen LogP contribution in [0.15, 0.2) is 30.3 Å². The number of methoxy groups -OCH3 is 1. The fourth-order valence-corrected chi connectivity index (χ4v) is 4.32. The summed E-state index contributed by atoms with van der Waals surface area (Å²) in [7, 11) is 1.35. The van der Waals surface area contributed by atoms with E-state index in [0.29, 0.717) is 37.9 Å². The zero-order valence-electron chi connectivity index (χ0n) is 18.0. The van der Waals surface area contributed by atoms with Gasteiger partial charge in [0.2, 0.25) is 5.91 Å². The summed E-state index contributed by atoms with van der Waals surface area (Å²) >= 11 is 5.73. The molecule has 1 aliphatic heterocycles. The largest absolute Gasteiger partial charge is 0.467 e. The molecule has 32 heavy (non-hydrogen) atoms. The van der Waals surface area contributed by atoms with Crippen molar-refractivity contribution in [3.8, 4) is 0 Å². The van der Waals surface area contributed by atoms with Crippen molar-refractivity contribution in [1.29, 1.82) is 0 Å². The van der Waals surface area contributed by atoms with E-state index in [-0.39, 0.29) is 44.5 Å². The number of amides is 2. The van der Waals surface area contributed by atoms with Crippen molar-refractivity contribution in [2.75, 3.05) is 38.0 Å². The van der Waals surface area contributed by atoms with Crippen LogP contribution in [-0.4, -0.2) is 83.7 Å². The first kappa shape index (κ1) is 30.6. The van der Waals surface area contributed by atoms with Gasteiger partial charge in [0.15, 0.2) is 0 Å². The fraction of sp³-hybridized carbons (Fsp3) is 0.591. The van der Waals surface area contributed by atoms with Crippen LogP contribution in [0.4, 0.5) is 0 Å². The van der Waals surface area contributed by atoms with Gasteiger partial charge < -0.3 is 20.3 Å². The summed E-state index contributed by atoms with van der Waals surface area (Å²) in [4.78, 5) is 41.8. The minimum atomic E-state index is -0.665. The number of ether oxygens (including phenoxy) is 1. The van der Waals surface area contributed by atoms with Crippen molar-refractivity contribution >= 4 is 55.7 Å². The van der Waals surface area contributed by atoms with Gasteiger partial charge >= 0.3 is 5.97 Å². The van der Waals surface area contributed by atoms with E-state index >= 15 is 0 Å². The summed E-state index contributed by atoms with van der Waals surface area (Å²) < 4.78 is 5.04. The first-order valence-corrected chi connectivity index (χ1v) is 12.1. The van der Waals surface area contributed by atoms with E-state index in [4.69, 9.17) is 10.5 Å². The normalized spacial score (nSPS) is 15.6. The molecule has 0 bridgehead atoms. The third-order valence-electron chi connectivity index (χ3n) is 5.34. The Morgan fingerprint density at radius 3 is 2.34 bits per heavy atom. The third-order valence-corrected chi connectivity index (χ3v) is 6.38. The molecule has 1 aromatic carbocycles. The van der Waals surface area contributed by atoms with Crippen LogP contribution in [0.3, 0.4) is 0 Å². The Balaban J connectivity index is 0.00000480. The first-order valence-electron chi connectivity index (χ1n) is 10.0. The van der Waals surface area contributed by atoms with Gasteiger partial charge in [-0.3, -0.25) is 9.59 Å². The molecule has 0 aromatic heterocycles. The van der Waals surface area contributed by atoms with Gasteiger partial charge in [-0.05, 0) is 43.4 Å². The molecule has 2 atom stereocenters. The molecule has 0 saturated carbocycles. The van der Waals surface area contributed by atoms with E-state index in [0.717, 1.165) is 5.75 Å². The van der Waals surface area contributed by atoms with E-state index in [9.17, 15) is 14.4 Å². The lowest BCUT2D eigenvalue weighted by Crippen LogP contribution is -2.56. The molecular weight excluding hydrogens is 466 g/mol. The van der Waals surface area contributed by atoms with Gasteiger partial charge in [-0.1, -0.05) is 25.6 Å². The minimum absolute atomic E-state index is 0. The monoisotopic (exact) mass is 503 g/mol. The molecule has 1 saturated heterocycles. The molecule has 10 heteroatoms. The Kier molecular flexibility index (Phi) is 14.8. The van der Waals surface area contributed by atoms with Crippen LogP contribution in [0.1, 0.15) is 37.0 Å². The molecule has 0 spiro atoms. The maximum Gasteiger partial charge on any atom is 0.328 e. The number of esters is 1. The lowest BCUT2D eigenvalue weighted by atomic mass is 9.98. The number of nitrogens with two attached hydrogens (primary N) is 1. The highest BCUT2D eigenvalue weighted by atomic mass is 32.2. The standard InChI is InChI=1S/C21H31N3O4S2.CH4.H2S/c1-28-21(27)18(10-13-30-2)24(19(25)15-6-4-3-5-7-15)16-8-11-23(12-9-16)20(26)17(22)14-29;;/h3-7,16-18,29H,8-14,22H2,1-2H3;1H4;1H2/t17-,18-;;/m0../s1. The Morgan fingerprint density at radius 2 is 1.84 bits per heavy atom. The summed E-state index contributed by atoms with van der Waals surface area (Å²) in [5.74, 6) is 0.285. The number of benzene rings is 1. The maximum atomic E-state index is 13.4. The molecule has 0 radical (unpaired) electrons. The van der Waals surface area contributed by atoms with Gasteiger partial charge in [0.25, 0.3) is 5.91 Å². The number of rotatable bonds is 9. The summed E-state index contributed by atoms with van der Waals surface area (Å²) in [6.07, 6.45) is 3.63. The van der Waals surface area contributed by atoms with Crippen molar-refractivity contribution in [1.82, 2.24) is 9.80 Å². The van der Waals surface area contributed by atoms with E-state index < -0.39 is 18.1 Å². The van der Waals surface area contributed by atoms with Gasteiger partial charge in [0.1, 0.15) is 6.04 Å². The third kappa shape index (κ3) is 7.90. The number of thioether (sulfide) groups is 1. The molecule has 2 amide bonds. The van der Waals surface area contributed by atoms with Gasteiger partial charge in [-0.2, -0.15) is 37.9 Å². The number of carbonyl (C=O) groups is 3. The van der Waals surface area contributed by atoms with Crippen LogP contribution in [-0.2, 0) is 14.3 Å². The van der Waals surface area contributed by atoms with Crippen molar-refractivity contribution in [2.45, 2.75) is 44.8 Å². The van der Waals surface area contributed by atoms with Crippen LogP contribution in [0.25, 0.3) is 0 Å². The SMILES string of the molecule is C.COC(=O)[C@H](CCSC)N(C(=O)c1ccccc1)C1CCN(C(=O)[C@@H](N)CS)CC1.S. The molecule has 0 unspecified atom stereocenters. The highest BCUT2D eigenvalue weighted by Crippen LogP contribution is 2.25. The number of carbonyl (C=O) groups excluding carboxylic acids is 3.